The largest absolute Gasteiger partial charge is 0.375 e. The van der Waals surface area contributed by atoms with Crippen molar-refractivity contribution in [1.82, 2.24) is 9.97 Å². The Morgan fingerprint density at radius 2 is 1.93 bits per heavy atom. The predicted molar refractivity (Wildman–Crippen MR) is 63.8 cm³/mol. The monoisotopic (exact) mass is 219 g/mol. The Morgan fingerprint density at radius 1 is 1.27 bits per heavy atom. The Hall–Kier alpha value is -1.42. The highest BCUT2D eigenvalue weighted by atomic mass is 32.1. The Kier molecular flexibility index (Phi) is 2.68. The second-order valence-corrected chi connectivity index (χ2v) is 4.72. The minimum atomic E-state index is 0.447. The summed E-state index contributed by atoms with van der Waals surface area (Å²) in [4.78, 5) is 9.60. The third kappa shape index (κ3) is 1.99. The molecule has 0 fully saturated rings. The van der Waals surface area contributed by atoms with E-state index >= 15 is 0 Å². The molecule has 0 aliphatic rings. The first-order chi connectivity index (χ1) is 7.18. The fraction of sp³-hybridized carbons (Fsp3) is 0.273. The summed E-state index contributed by atoms with van der Waals surface area (Å²) in [7, 11) is 0. The highest BCUT2D eigenvalue weighted by molar-refractivity contribution is 7.15. The van der Waals surface area contributed by atoms with Gasteiger partial charge in [0.05, 0.1) is 5.69 Å². The van der Waals surface area contributed by atoms with Crippen molar-refractivity contribution in [1.29, 1.82) is 0 Å². The van der Waals surface area contributed by atoms with E-state index in [1.807, 2.05) is 12.1 Å². The Labute approximate surface area is 93.0 Å². The number of aromatic nitrogens is 2. The normalized spacial score (nSPS) is 10.9. The van der Waals surface area contributed by atoms with Crippen LogP contribution < -0.4 is 5.73 Å². The predicted octanol–water partition coefficient (Wildman–Crippen LogP) is 2.91. The van der Waals surface area contributed by atoms with Gasteiger partial charge >= 0.3 is 0 Å². The van der Waals surface area contributed by atoms with E-state index in [9.17, 15) is 0 Å². The van der Waals surface area contributed by atoms with Crippen molar-refractivity contribution < 1.29 is 0 Å². The average Bonchev–Trinajstić information content (AvgIpc) is 2.62. The zero-order chi connectivity index (χ0) is 10.8. The van der Waals surface area contributed by atoms with Gasteiger partial charge in [-0.2, -0.15) is 0 Å². The van der Waals surface area contributed by atoms with Crippen LogP contribution in [0, 0.1) is 0 Å². The van der Waals surface area contributed by atoms with Gasteiger partial charge in [-0.1, -0.05) is 13.8 Å². The summed E-state index contributed by atoms with van der Waals surface area (Å²) < 4.78 is 0. The second kappa shape index (κ2) is 3.98. The highest BCUT2D eigenvalue weighted by Crippen LogP contribution is 2.34. The third-order valence-electron chi connectivity index (χ3n) is 2.15. The van der Waals surface area contributed by atoms with Gasteiger partial charge in [0, 0.05) is 22.8 Å². The average molecular weight is 219 g/mol. The summed E-state index contributed by atoms with van der Waals surface area (Å²) in [6, 6.07) is 3.92. The number of anilines is 1. The van der Waals surface area contributed by atoms with Crippen LogP contribution in [0.5, 0.6) is 0 Å². The number of hydrogen-bond acceptors (Lipinski definition) is 4. The van der Waals surface area contributed by atoms with E-state index in [1.165, 1.54) is 4.88 Å². The molecule has 2 aromatic heterocycles. The van der Waals surface area contributed by atoms with Crippen LogP contribution in [0.25, 0.3) is 11.3 Å². The lowest BCUT2D eigenvalue weighted by molar-refractivity contribution is 0.888. The topological polar surface area (TPSA) is 51.8 Å². The van der Waals surface area contributed by atoms with Gasteiger partial charge in [0.1, 0.15) is 0 Å². The molecular weight excluding hydrogens is 206 g/mol. The van der Waals surface area contributed by atoms with E-state index in [4.69, 9.17) is 5.73 Å². The number of pyridine rings is 1. The first-order valence-corrected chi connectivity index (χ1v) is 5.66. The molecule has 2 heterocycles. The van der Waals surface area contributed by atoms with E-state index in [2.05, 4.69) is 23.8 Å². The molecular formula is C11H13N3S. The van der Waals surface area contributed by atoms with Crippen LogP contribution in [0.3, 0.4) is 0 Å². The molecule has 0 bridgehead atoms. The molecule has 0 aliphatic carbocycles. The molecule has 4 heteroatoms. The van der Waals surface area contributed by atoms with Gasteiger partial charge in [-0.05, 0) is 18.1 Å². The summed E-state index contributed by atoms with van der Waals surface area (Å²) in [5.41, 5.74) is 7.83. The lowest BCUT2D eigenvalue weighted by Crippen LogP contribution is -1.88. The molecule has 0 saturated heterocycles. The number of thiazole rings is 1. The van der Waals surface area contributed by atoms with Gasteiger partial charge < -0.3 is 5.73 Å². The minimum absolute atomic E-state index is 0.447. The van der Waals surface area contributed by atoms with E-state index in [1.54, 1.807) is 23.7 Å². The van der Waals surface area contributed by atoms with Crippen molar-refractivity contribution in [2.75, 3.05) is 5.73 Å². The maximum Gasteiger partial charge on any atom is 0.180 e. The summed E-state index contributed by atoms with van der Waals surface area (Å²) >= 11 is 1.56. The van der Waals surface area contributed by atoms with Crippen LogP contribution in [-0.4, -0.2) is 9.97 Å². The first-order valence-electron chi connectivity index (χ1n) is 4.85. The lowest BCUT2D eigenvalue weighted by atomic mass is 10.1. The quantitative estimate of drug-likeness (QED) is 0.845. The summed E-state index contributed by atoms with van der Waals surface area (Å²) in [6.07, 6.45) is 3.55. The molecule has 2 N–H and O–H groups in total. The van der Waals surface area contributed by atoms with Crippen LogP contribution in [0.2, 0.25) is 0 Å². The Balaban J connectivity index is 2.53. The number of rotatable bonds is 2. The lowest BCUT2D eigenvalue weighted by Gasteiger charge is -2.04. The molecule has 0 unspecified atom stereocenters. The van der Waals surface area contributed by atoms with E-state index in [-0.39, 0.29) is 0 Å². The summed E-state index contributed by atoms with van der Waals surface area (Å²) in [5, 5.41) is 0.630. The smallest absolute Gasteiger partial charge is 0.180 e. The number of nitrogen functional groups attached to an aromatic ring is 1. The van der Waals surface area contributed by atoms with Crippen LogP contribution in [0.4, 0.5) is 5.13 Å². The van der Waals surface area contributed by atoms with E-state index < -0.39 is 0 Å². The number of nitrogens with zero attached hydrogens (tertiary/aromatic N) is 2. The van der Waals surface area contributed by atoms with Gasteiger partial charge in [0.2, 0.25) is 0 Å². The van der Waals surface area contributed by atoms with E-state index in [0.29, 0.717) is 11.0 Å². The zero-order valence-corrected chi connectivity index (χ0v) is 9.58. The van der Waals surface area contributed by atoms with Gasteiger partial charge in [-0.3, -0.25) is 4.98 Å². The number of hydrogen-bond donors (Lipinski definition) is 1. The fourth-order valence-corrected chi connectivity index (χ4v) is 2.32. The van der Waals surface area contributed by atoms with Crippen LogP contribution in [-0.2, 0) is 0 Å². The van der Waals surface area contributed by atoms with Crippen LogP contribution in [0.1, 0.15) is 24.6 Å². The molecule has 0 radical (unpaired) electrons. The molecule has 0 aromatic carbocycles. The molecule has 2 rings (SSSR count). The van der Waals surface area contributed by atoms with E-state index in [0.717, 1.165) is 11.3 Å². The van der Waals surface area contributed by atoms with Gasteiger partial charge in [-0.15, -0.1) is 11.3 Å². The van der Waals surface area contributed by atoms with Crippen LogP contribution in [0.15, 0.2) is 24.5 Å². The van der Waals surface area contributed by atoms with Crippen molar-refractivity contribution in [3.63, 3.8) is 0 Å². The van der Waals surface area contributed by atoms with Crippen LogP contribution >= 0.6 is 11.3 Å². The van der Waals surface area contributed by atoms with Crippen molar-refractivity contribution in [2.45, 2.75) is 19.8 Å². The molecule has 78 valence electrons. The molecule has 2 aromatic rings. The minimum Gasteiger partial charge on any atom is -0.375 e. The van der Waals surface area contributed by atoms with Crippen molar-refractivity contribution in [2.24, 2.45) is 0 Å². The maximum absolute atomic E-state index is 5.75. The molecule has 0 aliphatic heterocycles. The Morgan fingerprint density at radius 3 is 2.53 bits per heavy atom. The maximum atomic E-state index is 5.75. The number of nitrogens with two attached hydrogens (primary N) is 1. The molecule has 0 saturated carbocycles. The first kappa shape index (κ1) is 10.1. The molecule has 0 spiro atoms. The van der Waals surface area contributed by atoms with Gasteiger partial charge in [0.25, 0.3) is 0 Å². The van der Waals surface area contributed by atoms with Gasteiger partial charge in [-0.25, -0.2) is 4.98 Å². The highest BCUT2D eigenvalue weighted by Gasteiger charge is 2.13. The third-order valence-corrected chi connectivity index (χ3v) is 3.33. The van der Waals surface area contributed by atoms with Crippen molar-refractivity contribution in [3.8, 4) is 11.3 Å². The zero-order valence-electron chi connectivity index (χ0n) is 8.77. The molecule has 0 atom stereocenters. The molecule has 15 heavy (non-hydrogen) atoms. The van der Waals surface area contributed by atoms with Crippen molar-refractivity contribution in [3.05, 3.63) is 29.4 Å². The van der Waals surface area contributed by atoms with Crippen molar-refractivity contribution >= 4 is 16.5 Å². The standard InChI is InChI=1S/C11H13N3S/c1-7(2)10-9(14-11(12)15-10)8-3-5-13-6-4-8/h3-7H,1-2H3,(H2,12,14). The fourth-order valence-electron chi connectivity index (χ4n) is 1.46. The molecule has 0 amide bonds. The van der Waals surface area contributed by atoms with Gasteiger partial charge in [0.15, 0.2) is 5.13 Å². The Bertz CT molecular complexity index is 448. The second-order valence-electron chi connectivity index (χ2n) is 3.66. The summed E-state index contributed by atoms with van der Waals surface area (Å²) in [5.74, 6) is 0.447. The SMILES string of the molecule is CC(C)c1sc(N)nc1-c1ccncc1. The molecule has 3 nitrogen and oxygen atoms in total. The summed E-state index contributed by atoms with van der Waals surface area (Å²) in [6.45, 7) is 4.30.